The van der Waals surface area contributed by atoms with Crippen molar-refractivity contribution < 1.29 is 23.7 Å². The Hall–Kier alpha value is -4.44. The predicted octanol–water partition coefficient (Wildman–Crippen LogP) is 5.41. The monoisotopic (exact) mass is 484 g/mol. The number of allylic oxidation sites excluding steroid dienone is 1. The summed E-state index contributed by atoms with van der Waals surface area (Å²) in [6, 6.07) is 22.2. The summed E-state index contributed by atoms with van der Waals surface area (Å²) in [6.07, 6.45) is -0.830. The minimum absolute atomic E-state index is 0.00840. The molecular formula is C29H28N2O5. The fourth-order valence-electron chi connectivity index (χ4n) is 4.11. The number of carbonyl (C=O) groups excluding carboxylic acids is 1. The van der Waals surface area contributed by atoms with Crippen LogP contribution in [0.1, 0.15) is 49.3 Å². The highest BCUT2D eigenvalue weighted by Gasteiger charge is 2.33. The number of para-hydroxylation sites is 1. The van der Waals surface area contributed by atoms with Gasteiger partial charge in [0.2, 0.25) is 5.88 Å². The fraction of sp³-hybridized carbons (Fsp3) is 0.241. The van der Waals surface area contributed by atoms with Crippen molar-refractivity contribution in [3.8, 4) is 29.1 Å². The molecule has 184 valence electrons. The van der Waals surface area contributed by atoms with Crippen LogP contribution in [-0.4, -0.2) is 19.2 Å². The molecule has 3 aromatic carbocycles. The number of hydrogen-bond acceptors (Lipinski definition) is 7. The summed E-state index contributed by atoms with van der Waals surface area (Å²) in [5, 5.41) is 9.79. The second-order valence-electron chi connectivity index (χ2n) is 8.77. The molecule has 2 atom stereocenters. The van der Waals surface area contributed by atoms with Gasteiger partial charge in [-0.25, -0.2) is 4.79 Å². The highest BCUT2D eigenvalue weighted by Crippen LogP contribution is 2.45. The lowest BCUT2D eigenvalue weighted by Gasteiger charge is -2.27. The Bertz CT molecular complexity index is 1340. The number of fused-ring (bicyclic) bond motifs is 1. The molecule has 4 rings (SSSR count). The lowest BCUT2D eigenvalue weighted by Crippen LogP contribution is -2.28. The van der Waals surface area contributed by atoms with E-state index in [0.717, 1.165) is 5.56 Å². The Kier molecular flexibility index (Phi) is 7.16. The van der Waals surface area contributed by atoms with Crippen LogP contribution in [0.15, 0.2) is 78.2 Å². The van der Waals surface area contributed by atoms with E-state index in [9.17, 15) is 10.1 Å². The normalized spacial score (nSPS) is 15.4. The third-order valence-electron chi connectivity index (χ3n) is 6.05. The summed E-state index contributed by atoms with van der Waals surface area (Å²) in [5.74, 6) is 1.23. The molecule has 2 unspecified atom stereocenters. The van der Waals surface area contributed by atoms with Gasteiger partial charge in [-0.3, -0.25) is 0 Å². The summed E-state index contributed by atoms with van der Waals surface area (Å²) < 4.78 is 22.6. The topological polar surface area (TPSA) is 104 Å². The molecule has 0 saturated heterocycles. The zero-order valence-electron chi connectivity index (χ0n) is 20.6. The molecule has 36 heavy (non-hydrogen) atoms. The van der Waals surface area contributed by atoms with Gasteiger partial charge in [-0.1, -0.05) is 50.2 Å². The van der Waals surface area contributed by atoms with Crippen molar-refractivity contribution in [2.45, 2.75) is 38.7 Å². The molecule has 7 nitrogen and oxygen atoms in total. The number of rotatable bonds is 7. The first-order valence-corrected chi connectivity index (χ1v) is 11.6. The summed E-state index contributed by atoms with van der Waals surface area (Å²) in [7, 11) is 1.57. The Morgan fingerprint density at radius 3 is 2.36 bits per heavy atom. The SMILES string of the molecule is COc1ccccc1C1C(C#N)=C(N)Oc2cc(OC(=O)C(C)Oc3ccc(C(C)C)cc3)ccc21. The van der Waals surface area contributed by atoms with Gasteiger partial charge < -0.3 is 24.7 Å². The molecule has 1 aliphatic heterocycles. The van der Waals surface area contributed by atoms with E-state index in [2.05, 4.69) is 19.9 Å². The summed E-state index contributed by atoms with van der Waals surface area (Å²) in [6.45, 7) is 5.85. The molecule has 1 aliphatic rings. The van der Waals surface area contributed by atoms with Gasteiger partial charge in [0.15, 0.2) is 6.10 Å². The molecule has 2 N–H and O–H groups in total. The third kappa shape index (κ3) is 4.98. The number of esters is 1. The first-order chi connectivity index (χ1) is 17.3. The van der Waals surface area contributed by atoms with Crippen LogP contribution in [0, 0.1) is 11.3 Å². The fourth-order valence-corrected chi connectivity index (χ4v) is 4.11. The number of benzene rings is 3. The molecule has 0 spiro atoms. The van der Waals surface area contributed by atoms with Gasteiger partial charge in [0, 0.05) is 17.2 Å². The number of carbonyl (C=O) groups is 1. The molecule has 0 aromatic heterocycles. The quantitative estimate of drug-likeness (QED) is 0.353. The average Bonchev–Trinajstić information content (AvgIpc) is 2.88. The maximum atomic E-state index is 12.7. The van der Waals surface area contributed by atoms with Crippen molar-refractivity contribution in [3.05, 3.63) is 94.9 Å². The van der Waals surface area contributed by atoms with Crippen LogP contribution in [0.5, 0.6) is 23.0 Å². The lowest BCUT2D eigenvalue weighted by molar-refractivity contribution is -0.141. The van der Waals surface area contributed by atoms with E-state index >= 15 is 0 Å². The molecular weight excluding hydrogens is 456 g/mol. The minimum atomic E-state index is -0.830. The van der Waals surface area contributed by atoms with Crippen molar-refractivity contribution in [2.24, 2.45) is 5.73 Å². The van der Waals surface area contributed by atoms with Crippen molar-refractivity contribution >= 4 is 5.97 Å². The zero-order chi connectivity index (χ0) is 25.8. The first kappa shape index (κ1) is 24.7. The molecule has 0 radical (unpaired) electrons. The number of hydrogen-bond donors (Lipinski definition) is 1. The zero-order valence-corrected chi connectivity index (χ0v) is 20.6. The van der Waals surface area contributed by atoms with E-state index in [1.807, 2.05) is 48.5 Å². The number of ether oxygens (including phenoxy) is 4. The van der Waals surface area contributed by atoms with Gasteiger partial charge in [-0.15, -0.1) is 0 Å². The van der Waals surface area contributed by atoms with Gasteiger partial charge >= 0.3 is 5.97 Å². The maximum absolute atomic E-state index is 12.7. The third-order valence-corrected chi connectivity index (χ3v) is 6.05. The van der Waals surface area contributed by atoms with Gasteiger partial charge in [0.05, 0.1) is 13.0 Å². The number of nitrogens with zero attached hydrogens (tertiary/aromatic N) is 1. The largest absolute Gasteiger partial charge is 0.496 e. The molecule has 7 heteroatoms. The molecule has 1 heterocycles. The van der Waals surface area contributed by atoms with Crippen LogP contribution < -0.4 is 24.7 Å². The number of nitriles is 1. The average molecular weight is 485 g/mol. The van der Waals surface area contributed by atoms with Gasteiger partial charge in [0.25, 0.3) is 0 Å². The van der Waals surface area contributed by atoms with Gasteiger partial charge in [0.1, 0.15) is 34.6 Å². The lowest BCUT2D eigenvalue weighted by atomic mass is 9.83. The maximum Gasteiger partial charge on any atom is 0.352 e. The molecule has 0 bridgehead atoms. The highest BCUT2D eigenvalue weighted by atomic mass is 16.6. The Morgan fingerprint density at radius 1 is 1.00 bits per heavy atom. The van der Waals surface area contributed by atoms with E-state index in [1.54, 1.807) is 32.2 Å². The van der Waals surface area contributed by atoms with Crippen LogP contribution in [0.4, 0.5) is 0 Å². The van der Waals surface area contributed by atoms with E-state index in [0.29, 0.717) is 28.7 Å². The van der Waals surface area contributed by atoms with Crippen LogP contribution in [-0.2, 0) is 4.79 Å². The van der Waals surface area contributed by atoms with E-state index in [4.69, 9.17) is 24.7 Å². The molecule has 0 aliphatic carbocycles. The molecule has 0 saturated carbocycles. The predicted molar refractivity (Wildman–Crippen MR) is 135 cm³/mol. The van der Waals surface area contributed by atoms with E-state index in [1.165, 1.54) is 5.56 Å². The van der Waals surface area contributed by atoms with Gasteiger partial charge in [-0.05, 0) is 42.7 Å². The summed E-state index contributed by atoms with van der Waals surface area (Å²) in [4.78, 5) is 12.7. The molecule has 0 fully saturated rings. The van der Waals surface area contributed by atoms with Crippen molar-refractivity contribution in [1.29, 1.82) is 5.26 Å². The smallest absolute Gasteiger partial charge is 0.352 e. The van der Waals surface area contributed by atoms with Crippen molar-refractivity contribution in [1.82, 2.24) is 0 Å². The Morgan fingerprint density at radius 2 is 1.69 bits per heavy atom. The van der Waals surface area contributed by atoms with Crippen molar-refractivity contribution in [3.63, 3.8) is 0 Å². The van der Waals surface area contributed by atoms with Crippen LogP contribution in [0.2, 0.25) is 0 Å². The van der Waals surface area contributed by atoms with Crippen molar-refractivity contribution in [2.75, 3.05) is 7.11 Å². The van der Waals surface area contributed by atoms with Crippen LogP contribution >= 0.6 is 0 Å². The van der Waals surface area contributed by atoms with E-state index in [-0.39, 0.29) is 17.2 Å². The Labute approximate surface area is 210 Å². The van der Waals surface area contributed by atoms with Crippen LogP contribution in [0.25, 0.3) is 0 Å². The Balaban J connectivity index is 1.55. The molecule has 3 aromatic rings. The first-order valence-electron chi connectivity index (χ1n) is 11.6. The minimum Gasteiger partial charge on any atom is -0.496 e. The number of nitrogens with two attached hydrogens (primary N) is 1. The second-order valence-corrected chi connectivity index (χ2v) is 8.77. The van der Waals surface area contributed by atoms with E-state index < -0.39 is 18.0 Å². The highest BCUT2D eigenvalue weighted by molar-refractivity contribution is 5.77. The molecule has 0 amide bonds. The summed E-state index contributed by atoms with van der Waals surface area (Å²) in [5.41, 5.74) is 9.06. The number of methoxy groups -OCH3 is 1. The van der Waals surface area contributed by atoms with Gasteiger partial charge in [-0.2, -0.15) is 5.26 Å². The second kappa shape index (κ2) is 10.4. The van der Waals surface area contributed by atoms with Crippen LogP contribution in [0.3, 0.4) is 0 Å². The summed E-state index contributed by atoms with van der Waals surface area (Å²) >= 11 is 0. The standard InChI is InChI=1S/C29H28N2O5/c1-17(2)19-9-11-20(12-10-19)34-18(3)29(32)35-21-13-14-23-26(15-21)36-28(31)24(16-30)27(23)22-7-5-6-8-25(22)33-4/h5-15,17-18,27H,31H2,1-4H3.